The second kappa shape index (κ2) is 13.4. The highest BCUT2D eigenvalue weighted by molar-refractivity contribution is 5.68. The number of hydrogen-bond donors (Lipinski definition) is 2. The zero-order valence-corrected chi connectivity index (χ0v) is 20.2. The minimum absolute atomic E-state index is 0.0547. The number of aliphatic hydroxyl groups excluding tert-OH is 1. The van der Waals surface area contributed by atoms with Crippen molar-refractivity contribution in [2.75, 3.05) is 25.1 Å². The van der Waals surface area contributed by atoms with Crippen LogP contribution in [0.5, 0.6) is 0 Å². The molecule has 2 rings (SSSR count). The molecule has 1 saturated heterocycles. The number of esters is 3. The summed E-state index contributed by atoms with van der Waals surface area (Å²) in [5, 5.41) is 35.6. The molecule has 16 heteroatoms. The molecule has 37 heavy (non-hydrogen) atoms. The first-order valence-electron chi connectivity index (χ1n) is 11.0. The Morgan fingerprint density at radius 1 is 1.03 bits per heavy atom. The molecule has 0 aliphatic carbocycles. The zero-order valence-electron chi connectivity index (χ0n) is 20.2. The molecule has 0 unspecified atom stereocenters. The molecule has 1 heterocycles. The highest BCUT2D eigenvalue weighted by Crippen LogP contribution is 2.30. The highest BCUT2D eigenvalue weighted by atomic mass is 16.7. The molecule has 1 aromatic carbocycles. The molecule has 1 aromatic rings. The summed E-state index contributed by atoms with van der Waals surface area (Å²) in [5.41, 5.74) is -0.845. The van der Waals surface area contributed by atoms with E-state index < -0.39 is 69.8 Å². The van der Waals surface area contributed by atoms with Gasteiger partial charge in [0.15, 0.2) is 18.5 Å². The van der Waals surface area contributed by atoms with Crippen molar-refractivity contribution in [2.45, 2.75) is 57.9 Å². The summed E-state index contributed by atoms with van der Waals surface area (Å²) in [6.07, 6.45) is -6.52. The molecular weight excluding hydrogens is 502 g/mol. The van der Waals surface area contributed by atoms with Crippen LogP contribution in [0.4, 0.5) is 17.1 Å². The fourth-order valence-corrected chi connectivity index (χ4v) is 3.45. The summed E-state index contributed by atoms with van der Waals surface area (Å²) in [7, 11) is 0. The molecule has 0 spiro atoms. The number of hydrogen-bond acceptors (Lipinski definition) is 14. The van der Waals surface area contributed by atoms with Crippen LogP contribution in [-0.4, -0.2) is 83.3 Å². The number of carbonyl (C=O) groups excluding carboxylic acids is 3. The number of nitro benzene ring substituents is 2. The third kappa shape index (κ3) is 8.62. The topological polar surface area (TPSA) is 216 Å². The van der Waals surface area contributed by atoms with E-state index in [9.17, 15) is 39.7 Å². The summed E-state index contributed by atoms with van der Waals surface area (Å²) in [4.78, 5) is 55.0. The maximum absolute atomic E-state index is 11.6. The lowest BCUT2D eigenvalue weighted by Crippen LogP contribution is -2.61. The number of nitro groups is 2. The first-order chi connectivity index (χ1) is 17.4. The van der Waals surface area contributed by atoms with Crippen molar-refractivity contribution >= 4 is 35.0 Å². The van der Waals surface area contributed by atoms with Crippen LogP contribution in [0.15, 0.2) is 18.2 Å². The van der Waals surface area contributed by atoms with Crippen molar-refractivity contribution in [1.29, 1.82) is 0 Å². The largest absolute Gasteiger partial charge is 0.463 e. The van der Waals surface area contributed by atoms with Gasteiger partial charge >= 0.3 is 17.9 Å². The molecule has 0 saturated carbocycles. The number of nitrogens with one attached hydrogen (secondary N) is 1. The average Bonchev–Trinajstić information content (AvgIpc) is 2.80. The van der Waals surface area contributed by atoms with Gasteiger partial charge in [0.2, 0.25) is 0 Å². The SMILES string of the molecule is CC(=O)OC[C@H]1O[C@@H](OCCCNc2ccc([N+](=O)[O-])cc2[N+](=O)[O-])[C@H](O)[C@@H](OC(C)=O)[C@@H]1OC(C)=O. The van der Waals surface area contributed by atoms with E-state index >= 15 is 0 Å². The zero-order chi connectivity index (χ0) is 27.7. The number of benzene rings is 1. The fraction of sp³-hybridized carbons (Fsp3) is 0.571. The Morgan fingerprint density at radius 2 is 1.68 bits per heavy atom. The van der Waals surface area contributed by atoms with Crippen LogP contribution in [0.2, 0.25) is 0 Å². The van der Waals surface area contributed by atoms with Crippen LogP contribution in [0.1, 0.15) is 27.2 Å². The number of aliphatic hydroxyl groups is 1. The summed E-state index contributed by atoms with van der Waals surface area (Å²) < 4.78 is 26.4. The van der Waals surface area contributed by atoms with Crippen LogP contribution in [0, 0.1) is 20.2 Å². The minimum Gasteiger partial charge on any atom is -0.463 e. The van der Waals surface area contributed by atoms with Crippen molar-refractivity contribution in [3.8, 4) is 0 Å². The quantitative estimate of drug-likeness (QED) is 0.126. The van der Waals surface area contributed by atoms with E-state index in [1.165, 1.54) is 6.07 Å². The van der Waals surface area contributed by atoms with E-state index in [4.69, 9.17) is 23.7 Å². The third-order valence-electron chi connectivity index (χ3n) is 4.98. The third-order valence-corrected chi connectivity index (χ3v) is 4.98. The maximum Gasteiger partial charge on any atom is 0.303 e. The predicted molar refractivity (Wildman–Crippen MR) is 121 cm³/mol. The molecule has 204 valence electrons. The van der Waals surface area contributed by atoms with Gasteiger partial charge in [-0.2, -0.15) is 0 Å². The van der Waals surface area contributed by atoms with Crippen LogP contribution >= 0.6 is 0 Å². The normalized spacial score (nSPS) is 23.0. The standard InChI is InChI=1S/C21H27N3O13/c1-11(25)34-10-17-19(35-12(2)26)20(36-13(3)27)18(28)21(37-17)33-8-4-7-22-15-6-5-14(23(29)30)9-16(15)24(31)32/h5-6,9,17-22,28H,4,7-8,10H2,1-3H3/t17-,18-,19-,20-,21-/m1/s1. The Balaban J connectivity index is 2.03. The van der Waals surface area contributed by atoms with Crippen LogP contribution in [-0.2, 0) is 38.1 Å². The Kier molecular flexibility index (Phi) is 10.6. The van der Waals surface area contributed by atoms with Gasteiger partial charge in [0.05, 0.1) is 22.5 Å². The van der Waals surface area contributed by atoms with E-state index in [0.29, 0.717) is 0 Å². The monoisotopic (exact) mass is 529 g/mol. The highest BCUT2D eigenvalue weighted by Gasteiger charge is 2.50. The lowest BCUT2D eigenvalue weighted by Gasteiger charge is -2.42. The van der Waals surface area contributed by atoms with E-state index in [-0.39, 0.29) is 31.9 Å². The van der Waals surface area contributed by atoms with E-state index in [0.717, 1.165) is 32.9 Å². The summed E-state index contributed by atoms with van der Waals surface area (Å²) >= 11 is 0. The van der Waals surface area contributed by atoms with Crippen LogP contribution in [0.3, 0.4) is 0 Å². The number of rotatable bonds is 12. The van der Waals surface area contributed by atoms with E-state index in [1.54, 1.807) is 0 Å². The van der Waals surface area contributed by atoms with Crippen molar-refractivity contribution in [1.82, 2.24) is 0 Å². The van der Waals surface area contributed by atoms with Crippen molar-refractivity contribution in [3.63, 3.8) is 0 Å². The number of nitrogens with zero attached hydrogens (tertiary/aromatic N) is 2. The molecule has 0 radical (unpaired) electrons. The molecule has 0 amide bonds. The number of ether oxygens (including phenoxy) is 5. The Bertz CT molecular complexity index is 1020. The minimum atomic E-state index is -1.58. The van der Waals surface area contributed by atoms with Gasteiger partial charge in [0.1, 0.15) is 24.5 Å². The van der Waals surface area contributed by atoms with E-state index in [2.05, 4.69) is 5.32 Å². The number of carbonyl (C=O) groups is 3. The number of non-ortho nitro benzene ring substituents is 1. The molecule has 1 fully saturated rings. The van der Waals surface area contributed by atoms with Gasteiger partial charge in [-0.15, -0.1) is 0 Å². The van der Waals surface area contributed by atoms with Gasteiger partial charge in [-0.25, -0.2) is 0 Å². The first kappa shape index (κ1) is 29.3. The predicted octanol–water partition coefficient (Wildman–Crippen LogP) is 0.834. The van der Waals surface area contributed by atoms with E-state index in [1.807, 2.05) is 0 Å². The molecule has 5 atom stereocenters. The Labute approximate surface area is 210 Å². The second-order valence-corrected chi connectivity index (χ2v) is 7.85. The lowest BCUT2D eigenvalue weighted by atomic mass is 9.98. The van der Waals surface area contributed by atoms with Crippen molar-refractivity contribution in [2.24, 2.45) is 0 Å². The van der Waals surface area contributed by atoms with Crippen LogP contribution < -0.4 is 5.32 Å². The fourth-order valence-electron chi connectivity index (χ4n) is 3.45. The van der Waals surface area contributed by atoms with Crippen molar-refractivity contribution in [3.05, 3.63) is 38.4 Å². The molecular formula is C21H27N3O13. The Morgan fingerprint density at radius 3 is 2.24 bits per heavy atom. The number of anilines is 1. The smallest absolute Gasteiger partial charge is 0.303 e. The molecule has 0 aromatic heterocycles. The maximum atomic E-state index is 11.6. The summed E-state index contributed by atoms with van der Waals surface area (Å²) in [6.45, 7) is 3.04. The molecule has 1 aliphatic heterocycles. The molecule has 0 bridgehead atoms. The summed E-state index contributed by atoms with van der Waals surface area (Å²) in [6, 6.07) is 3.17. The van der Waals surface area contributed by atoms with Gasteiger partial charge in [0, 0.05) is 33.4 Å². The van der Waals surface area contributed by atoms with Gasteiger partial charge in [0.25, 0.3) is 11.4 Å². The van der Waals surface area contributed by atoms with Crippen LogP contribution in [0.25, 0.3) is 0 Å². The van der Waals surface area contributed by atoms with Gasteiger partial charge in [-0.05, 0) is 12.5 Å². The average molecular weight is 529 g/mol. The second-order valence-electron chi connectivity index (χ2n) is 7.85. The molecule has 1 aliphatic rings. The van der Waals surface area contributed by atoms with Crippen molar-refractivity contribution < 1.29 is 53.0 Å². The Hall–Kier alpha value is -3.89. The lowest BCUT2D eigenvalue weighted by molar-refractivity contribution is -0.393. The van der Waals surface area contributed by atoms with Gasteiger partial charge < -0.3 is 34.1 Å². The molecule has 16 nitrogen and oxygen atoms in total. The van der Waals surface area contributed by atoms with Gasteiger partial charge in [-0.3, -0.25) is 34.6 Å². The summed E-state index contributed by atoms with van der Waals surface area (Å²) in [5.74, 6) is -2.18. The first-order valence-corrected chi connectivity index (χ1v) is 11.0. The van der Waals surface area contributed by atoms with Gasteiger partial charge in [-0.1, -0.05) is 0 Å². The molecule has 2 N–H and O–H groups in total.